The normalized spacial score (nSPS) is 17.1. The first kappa shape index (κ1) is 15.8. The second-order valence-corrected chi connectivity index (χ2v) is 6.35. The van der Waals surface area contributed by atoms with Crippen molar-refractivity contribution >= 4 is 17.6 Å². The van der Waals surface area contributed by atoms with Crippen LogP contribution in [0.1, 0.15) is 31.2 Å². The van der Waals surface area contributed by atoms with Gasteiger partial charge in [-0.25, -0.2) is 0 Å². The van der Waals surface area contributed by atoms with Crippen LogP contribution in [0, 0.1) is 5.92 Å². The SMILES string of the molecule is CN=C(NCCCC(=O)N1CCc2ccccc21)NCC1CC1. The monoisotopic (exact) mass is 314 g/mol. The summed E-state index contributed by atoms with van der Waals surface area (Å²) >= 11 is 0. The van der Waals surface area contributed by atoms with Crippen LogP contribution in [0.15, 0.2) is 29.3 Å². The summed E-state index contributed by atoms with van der Waals surface area (Å²) in [6, 6.07) is 8.19. The van der Waals surface area contributed by atoms with Crippen LogP contribution in [-0.2, 0) is 11.2 Å². The Morgan fingerprint density at radius 1 is 1.30 bits per heavy atom. The van der Waals surface area contributed by atoms with Gasteiger partial charge in [-0.3, -0.25) is 9.79 Å². The number of hydrogen-bond acceptors (Lipinski definition) is 2. The summed E-state index contributed by atoms with van der Waals surface area (Å²) in [6.07, 6.45) is 5.02. The zero-order valence-electron chi connectivity index (χ0n) is 13.8. The summed E-state index contributed by atoms with van der Waals surface area (Å²) in [4.78, 5) is 18.5. The fourth-order valence-corrected chi connectivity index (χ4v) is 2.96. The number of amides is 1. The smallest absolute Gasteiger partial charge is 0.227 e. The van der Waals surface area contributed by atoms with Crippen LogP contribution in [0.5, 0.6) is 0 Å². The van der Waals surface area contributed by atoms with Gasteiger partial charge in [-0.15, -0.1) is 0 Å². The second-order valence-electron chi connectivity index (χ2n) is 6.35. The van der Waals surface area contributed by atoms with Crippen molar-refractivity contribution in [3.8, 4) is 0 Å². The van der Waals surface area contributed by atoms with E-state index in [1.807, 2.05) is 23.1 Å². The van der Waals surface area contributed by atoms with Crippen molar-refractivity contribution in [1.29, 1.82) is 0 Å². The Labute approximate surface area is 138 Å². The molecule has 0 aromatic heterocycles. The maximum absolute atomic E-state index is 12.4. The molecule has 1 heterocycles. The number of anilines is 1. The van der Waals surface area contributed by atoms with Crippen LogP contribution in [0.3, 0.4) is 0 Å². The molecule has 1 aliphatic carbocycles. The lowest BCUT2D eigenvalue weighted by Crippen LogP contribution is -2.39. The van der Waals surface area contributed by atoms with Crippen LogP contribution < -0.4 is 15.5 Å². The van der Waals surface area contributed by atoms with Gasteiger partial charge in [0, 0.05) is 38.8 Å². The summed E-state index contributed by atoms with van der Waals surface area (Å²) < 4.78 is 0. The molecule has 5 nitrogen and oxygen atoms in total. The van der Waals surface area contributed by atoms with Crippen molar-refractivity contribution in [2.75, 3.05) is 31.6 Å². The Morgan fingerprint density at radius 3 is 2.91 bits per heavy atom. The van der Waals surface area contributed by atoms with Crippen LogP contribution in [0.2, 0.25) is 0 Å². The molecule has 124 valence electrons. The van der Waals surface area contributed by atoms with Gasteiger partial charge in [0.1, 0.15) is 0 Å². The number of guanidine groups is 1. The van der Waals surface area contributed by atoms with Crippen molar-refractivity contribution in [3.63, 3.8) is 0 Å². The van der Waals surface area contributed by atoms with Crippen molar-refractivity contribution < 1.29 is 4.79 Å². The van der Waals surface area contributed by atoms with Crippen molar-refractivity contribution in [2.45, 2.75) is 32.1 Å². The molecule has 0 bridgehead atoms. The number of aliphatic imine (C=N–C) groups is 1. The fraction of sp³-hybridized carbons (Fsp3) is 0.556. The Hall–Kier alpha value is -2.04. The van der Waals surface area contributed by atoms with E-state index in [0.29, 0.717) is 6.42 Å². The molecule has 1 aromatic carbocycles. The molecule has 1 saturated carbocycles. The highest BCUT2D eigenvalue weighted by molar-refractivity contribution is 5.95. The van der Waals surface area contributed by atoms with Gasteiger partial charge in [0.25, 0.3) is 0 Å². The Bertz CT molecular complexity index is 580. The van der Waals surface area contributed by atoms with Gasteiger partial charge < -0.3 is 15.5 Å². The van der Waals surface area contributed by atoms with Gasteiger partial charge in [-0.2, -0.15) is 0 Å². The van der Waals surface area contributed by atoms with Crippen LogP contribution in [-0.4, -0.2) is 38.5 Å². The van der Waals surface area contributed by atoms with Crippen LogP contribution in [0.4, 0.5) is 5.69 Å². The summed E-state index contributed by atoms with van der Waals surface area (Å²) in [7, 11) is 1.79. The molecule has 0 atom stereocenters. The third-order valence-corrected chi connectivity index (χ3v) is 4.53. The lowest BCUT2D eigenvalue weighted by atomic mass is 10.2. The highest BCUT2D eigenvalue weighted by Gasteiger charge is 2.23. The molecular formula is C18H26N4O. The average molecular weight is 314 g/mol. The first-order valence-corrected chi connectivity index (χ1v) is 8.60. The number of rotatable bonds is 6. The van der Waals surface area contributed by atoms with Gasteiger partial charge >= 0.3 is 0 Å². The van der Waals surface area contributed by atoms with E-state index in [9.17, 15) is 4.79 Å². The minimum Gasteiger partial charge on any atom is -0.356 e. The molecule has 0 radical (unpaired) electrons. The molecular weight excluding hydrogens is 288 g/mol. The zero-order valence-corrected chi connectivity index (χ0v) is 13.8. The van der Waals surface area contributed by atoms with Gasteiger partial charge in [-0.1, -0.05) is 18.2 Å². The van der Waals surface area contributed by atoms with E-state index in [1.165, 1.54) is 18.4 Å². The Kier molecular flexibility index (Phi) is 5.16. The minimum absolute atomic E-state index is 0.220. The fourth-order valence-electron chi connectivity index (χ4n) is 2.96. The maximum atomic E-state index is 12.4. The highest BCUT2D eigenvalue weighted by atomic mass is 16.2. The summed E-state index contributed by atoms with van der Waals surface area (Å²) in [6.45, 7) is 2.59. The average Bonchev–Trinajstić information content (AvgIpc) is 3.31. The predicted octanol–water partition coefficient (Wildman–Crippen LogP) is 1.93. The largest absolute Gasteiger partial charge is 0.356 e. The lowest BCUT2D eigenvalue weighted by molar-refractivity contribution is -0.118. The number of fused-ring (bicyclic) bond motifs is 1. The van der Waals surface area contributed by atoms with Gasteiger partial charge in [0.05, 0.1) is 0 Å². The summed E-state index contributed by atoms with van der Waals surface area (Å²) in [5.74, 6) is 1.89. The number of para-hydroxylation sites is 1. The van der Waals surface area contributed by atoms with Crippen LogP contribution >= 0.6 is 0 Å². The third kappa shape index (κ3) is 4.24. The topological polar surface area (TPSA) is 56.7 Å². The van der Waals surface area contributed by atoms with E-state index < -0.39 is 0 Å². The maximum Gasteiger partial charge on any atom is 0.227 e. The van der Waals surface area contributed by atoms with Crippen molar-refractivity contribution in [3.05, 3.63) is 29.8 Å². The van der Waals surface area contributed by atoms with E-state index in [4.69, 9.17) is 0 Å². The molecule has 3 rings (SSSR count). The molecule has 0 saturated heterocycles. The van der Waals surface area contributed by atoms with Gasteiger partial charge in [-0.05, 0) is 43.2 Å². The van der Waals surface area contributed by atoms with Crippen LogP contribution in [0.25, 0.3) is 0 Å². The lowest BCUT2D eigenvalue weighted by Gasteiger charge is -2.17. The van der Waals surface area contributed by atoms with Gasteiger partial charge in [0.2, 0.25) is 5.91 Å². The molecule has 1 amide bonds. The number of carbonyl (C=O) groups is 1. The van der Waals surface area contributed by atoms with Gasteiger partial charge in [0.15, 0.2) is 5.96 Å². The van der Waals surface area contributed by atoms with E-state index in [2.05, 4.69) is 21.7 Å². The zero-order chi connectivity index (χ0) is 16.1. The molecule has 0 spiro atoms. The summed E-state index contributed by atoms with van der Waals surface area (Å²) in [5, 5.41) is 6.62. The second kappa shape index (κ2) is 7.49. The number of hydrogen-bond donors (Lipinski definition) is 2. The molecule has 5 heteroatoms. The molecule has 1 aromatic rings. The van der Waals surface area contributed by atoms with E-state index in [-0.39, 0.29) is 5.91 Å². The Morgan fingerprint density at radius 2 is 2.13 bits per heavy atom. The predicted molar refractivity (Wildman–Crippen MR) is 93.8 cm³/mol. The highest BCUT2D eigenvalue weighted by Crippen LogP contribution is 2.28. The number of nitrogens with one attached hydrogen (secondary N) is 2. The molecule has 1 aliphatic heterocycles. The standard InChI is InChI=1S/C18H26N4O/c1-19-18(21-13-14-8-9-14)20-11-4-7-17(23)22-12-10-15-5-2-3-6-16(15)22/h2-3,5-6,14H,4,7-13H2,1H3,(H2,19,20,21). The quantitative estimate of drug-likeness (QED) is 0.479. The third-order valence-electron chi connectivity index (χ3n) is 4.53. The minimum atomic E-state index is 0.220. The Balaban J connectivity index is 1.38. The molecule has 2 N–H and O–H groups in total. The first-order valence-electron chi connectivity index (χ1n) is 8.60. The summed E-state index contributed by atoms with van der Waals surface area (Å²) in [5.41, 5.74) is 2.37. The number of nitrogens with zero attached hydrogens (tertiary/aromatic N) is 2. The molecule has 1 fully saturated rings. The first-order chi connectivity index (χ1) is 11.3. The van der Waals surface area contributed by atoms with E-state index in [1.54, 1.807) is 7.05 Å². The van der Waals surface area contributed by atoms with Crippen molar-refractivity contribution in [1.82, 2.24) is 10.6 Å². The molecule has 23 heavy (non-hydrogen) atoms. The van der Waals surface area contributed by atoms with Crippen molar-refractivity contribution in [2.24, 2.45) is 10.9 Å². The number of carbonyl (C=O) groups excluding carboxylic acids is 1. The molecule has 2 aliphatic rings. The molecule has 0 unspecified atom stereocenters. The van der Waals surface area contributed by atoms with E-state index in [0.717, 1.165) is 50.0 Å². The number of benzene rings is 1. The van der Waals surface area contributed by atoms with E-state index >= 15 is 0 Å².